The number of methoxy groups -OCH3 is 2. The second-order valence-electron chi connectivity index (χ2n) is 28.5. The van der Waals surface area contributed by atoms with Gasteiger partial charge in [-0.2, -0.15) is 0 Å². The highest BCUT2D eigenvalue weighted by molar-refractivity contribution is 7.23. The van der Waals surface area contributed by atoms with Gasteiger partial charge in [0.05, 0.1) is 59.8 Å². The van der Waals surface area contributed by atoms with E-state index >= 15 is 0 Å². The molecule has 8 heterocycles. The predicted molar refractivity (Wildman–Crippen MR) is 578 cm³/mol. The number of nitrogens with two attached hydrogens (primary N) is 10. The highest BCUT2D eigenvalue weighted by Gasteiger charge is 2.17. The van der Waals surface area contributed by atoms with Crippen molar-refractivity contribution in [2.45, 2.75) is 20.0 Å². The van der Waals surface area contributed by atoms with E-state index in [0.717, 1.165) is 172 Å². The Hall–Kier alpha value is -13.9. The van der Waals surface area contributed by atoms with Crippen LogP contribution in [0.2, 0.25) is 5.02 Å². The number of carbonyl (C=O) groups excluding carboxylic acids is 1. The number of nitrogens with zero attached hydrogens (tertiary/aromatic N) is 1. The first kappa shape index (κ1) is 104. The molecule has 37 heteroatoms. The summed E-state index contributed by atoms with van der Waals surface area (Å²) in [6.45, 7) is 3.17. The first-order valence-corrected chi connectivity index (χ1v) is 46.5. The lowest BCUT2D eigenvalue weighted by Crippen LogP contribution is -2.12. The standard InChI is InChI=1S/C17H15N3OS.C17H16N2OS.C16H14N2OS.C10H10N2O2S.C10H10N2OS.C9H7ClN2S.2C9H9N3S.3ClH/c1-10-5-7-11(8-6-10)17(21)20-13-3-2-4-14-12(13)9-15(22-14)16(18)19;18-17(19)16-10-13-6-7-14(11-15(13)21-16)20-9-8-12-4-2-1-3-5-12;17-16(18)15-9-12-13(7-4-8-14(12)20-15)19-10-11-5-2-1-3-6-11;1-14-7-3-2-4-8-6(7)5-9(15-8)10(11)12-13;1-13-7-3-2-4-8-6(7)5-9(14-8)10(11)12;10-6-2-1-3-7-5(6)4-8(13-7)9(11)12;10-6-1-2-7-5(3-6)4-8(13-7)9(11)12;10-6-2-1-3-7-5(6)4-8(13-7)9(11)12;;;/h2-9H,1H3,(H3,18,19)(H,20,21);1-7,10-11H,8-9H2,(H3,18,19);1-9H,10H2,(H3,17,18);2-5,13H,1H3,(H2,11,12);2-5H,1H3,(H3,11,12);1-4H,(H3,11,12);2*1-4H,10H2,(H3,11,12);3*1H. The van der Waals surface area contributed by atoms with Gasteiger partial charge in [-0.3, -0.25) is 42.7 Å². The van der Waals surface area contributed by atoms with Crippen LogP contribution < -0.4 is 81.6 Å². The molecule has 19 rings (SSSR count). The van der Waals surface area contributed by atoms with Crippen molar-refractivity contribution in [2.24, 2.45) is 51.0 Å². The number of amides is 1. The van der Waals surface area contributed by atoms with Crippen LogP contribution in [0.1, 0.15) is 66.1 Å². The minimum atomic E-state index is -0.150. The van der Waals surface area contributed by atoms with Crippen LogP contribution in [0.25, 0.3) is 80.7 Å². The van der Waals surface area contributed by atoms with Gasteiger partial charge in [0, 0.05) is 104 Å². The molecular formula is C97H93Cl4N19O6S8. The number of nitrogen functional groups attached to an aromatic ring is 9. The molecule has 29 N–H and O–H groups in total. The van der Waals surface area contributed by atoms with Crippen LogP contribution in [0.5, 0.6) is 23.0 Å². The molecule has 8 aromatic heterocycles. The highest BCUT2D eigenvalue weighted by atomic mass is 35.5. The fourth-order valence-electron chi connectivity index (χ4n) is 12.7. The Morgan fingerprint density at radius 2 is 0.769 bits per heavy atom. The van der Waals surface area contributed by atoms with Crippen molar-refractivity contribution < 1.29 is 28.9 Å². The molecule has 0 fully saturated rings. The monoisotopic (exact) mass is 2020 g/mol. The number of anilines is 3. The summed E-state index contributed by atoms with van der Waals surface area (Å²) < 4.78 is 30.7. The summed E-state index contributed by atoms with van der Waals surface area (Å²) in [7, 11) is 3.26. The SMILES string of the molecule is COc1cccc2sc(/C(N)=N/O)cc12.COc1cccc2sc(C(=N)N)cc12.Cc1ccc(C(=O)Nc2cccc3sc(C(=N)N)cc23)cc1.Cl.Cl.Cl.N=C(N)c1cc2c(Cl)cccc2s1.N=C(N)c1cc2c(N)cccc2s1.N=C(N)c1cc2c(OCc3ccccc3)cccc2s1.N=C(N)c1cc2cc(N)ccc2s1.N=C(N)c1cc2ccc(OCCc3ccccc3)cc2s1. The van der Waals surface area contributed by atoms with Crippen molar-refractivity contribution in [2.75, 3.05) is 37.6 Å². The molecule has 0 saturated carbocycles. The number of aryl methyl sites for hydroxylation is 1. The summed E-state index contributed by atoms with van der Waals surface area (Å²) in [6.07, 6.45) is 0.891. The van der Waals surface area contributed by atoms with E-state index in [1.54, 1.807) is 26.4 Å². The number of thiophene rings is 8. The number of hydrogen-bond acceptors (Lipinski definition) is 24. The number of fused-ring (bicyclic) bond motifs is 8. The second kappa shape index (κ2) is 49.0. The summed E-state index contributed by atoms with van der Waals surface area (Å²) in [5, 5.41) is 74.9. The van der Waals surface area contributed by atoms with Crippen molar-refractivity contribution >= 4 is 290 Å². The van der Waals surface area contributed by atoms with E-state index in [2.05, 4.69) is 22.6 Å². The summed E-state index contributed by atoms with van der Waals surface area (Å²) >= 11 is 17.9. The van der Waals surface area contributed by atoms with E-state index in [9.17, 15) is 4.79 Å². The Labute approximate surface area is 826 Å². The largest absolute Gasteiger partial charge is 0.496 e. The average molecular weight is 2020 g/mol. The lowest BCUT2D eigenvalue weighted by atomic mass is 10.1. The van der Waals surface area contributed by atoms with Crippen molar-refractivity contribution in [3.8, 4) is 23.0 Å². The van der Waals surface area contributed by atoms with E-state index in [-0.39, 0.29) is 89.8 Å². The fourth-order valence-corrected chi connectivity index (χ4v) is 20.5. The summed E-state index contributed by atoms with van der Waals surface area (Å²) in [5.41, 5.74) is 61.4. The number of halogens is 4. The van der Waals surface area contributed by atoms with Crippen LogP contribution >= 0.6 is 140 Å². The molecule has 0 aliphatic rings. The maximum absolute atomic E-state index is 12.3. The molecule has 0 aliphatic heterocycles. The van der Waals surface area contributed by atoms with Crippen molar-refractivity contribution in [3.05, 3.63) is 345 Å². The normalized spacial score (nSPS) is 10.5. The third-order valence-corrected chi connectivity index (χ3v) is 28.6. The number of hydrogen-bond donors (Lipinski definition) is 19. The maximum Gasteiger partial charge on any atom is 0.255 e. The van der Waals surface area contributed by atoms with Crippen molar-refractivity contribution in [1.29, 1.82) is 37.9 Å². The van der Waals surface area contributed by atoms with Crippen LogP contribution in [0.4, 0.5) is 17.1 Å². The van der Waals surface area contributed by atoms with Gasteiger partial charge in [-0.15, -0.1) is 128 Å². The molecule has 0 unspecified atom stereocenters. The van der Waals surface area contributed by atoms with Crippen molar-refractivity contribution in [1.82, 2.24) is 0 Å². The quantitative estimate of drug-likeness (QED) is 0.0118. The van der Waals surface area contributed by atoms with Gasteiger partial charge in [-0.05, 0) is 199 Å². The molecule has 0 spiro atoms. The zero-order chi connectivity index (χ0) is 93.5. The number of amidine groups is 8. The Kier molecular flexibility index (Phi) is 38.0. The predicted octanol–water partition coefficient (Wildman–Crippen LogP) is 23.2. The first-order valence-electron chi connectivity index (χ1n) is 39.6. The van der Waals surface area contributed by atoms with Gasteiger partial charge in [0.25, 0.3) is 5.91 Å². The van der Waals surface area contributed by atoms with E-state index in [4.69, 9.17) is 131 Å². The zero-order valence-corrected chi connectivity index (χ0v) is 81.5. The first-order chi connectivity index (χ1) is 63.0. The van der Waals surface area contributed by atoms with Gasteiger partial charge >= 0.3 is 0 Å². The molecule has 19 aromatic rings. The number of ether oxygens (including phenoxy) is 4. The van der Waals surface area contributed by atoms with Gasteiger partial charge in [0.2, 0.25) is 0 Å². The smallest absolute Gasteiger partial charge is 0.255 e. The minimum absolute atomic E-state index is 0. The van der Waals surface area contributed by atoms with Gasteiger partial charge in [-0.25, -0.2) is 0 Å². The Balaban J connectivity index is 0.000000173. The molecule has 0 atom stereocenters. The van der Waals surface area contributed by atoms with Gasteiger partial charge in [-0.1, -0.05) is 132 Å². The molecule has 0 bridgehead atoms. The number of rotatable bonds is 19. The molecule has 1 amide bonds. The molecule has 11 aromatic carbocycles. The van der Waals surface area contributed by atoms with Crippen LogP contribution in [0.3, 0.4) is 0 Å². The highest BCUT2D eigenvalue weighted by Crippen LogP contribution is 2.39. The Morgan fingerprint density at radius 3 is 1.26 bits per heavy atom. The summed E-state index contributed by atoms with van der Waals surface area (Å²) in [6, 6.07) is 89.1. The van der Waals surface area contributed by atoms with E-state index < -0.39 is 0 Å². The molecular weight excluding hydrogens is 1930 g/mol. The van der Waals surface area contributed by atoms with Crippen LogP contribution in [0, 0.1) is 44.8 Å². The number of benzene rings is 11. The van der Waals surface area contributed by atoms with Crippen molar-refractivity contribution in [3.63, 3.8) is 0 Å². The van der Waals surface area contributed by atoms with Gasteiger partial charge < -0.3 is 86.8 Å². The molecule has 0 aliphatic carbocycles. The molecule has 134 heavy (non-hydrogen) atoms. The number of carbonyl (C=O) groups is 1. The van der Waals surface area contributed by atoms with E-state index in [1.807, 2.05) is 262 Å². The third-order valence-electron chi connectivity index (χ3n) is 19.2. The molecule has 0 radical (unpaired) electrons. The fraction of sp³-hybridized carbons (Fsp3) is 0.0619. The number of oxime groups is 1. The second-order valence-corrected chi connectivity index (χ2v) is 37.6. The molecule has 25 nitrogen and oxygen atoms in total. The summed E-state index contributed by atoms with van der Waals surface area (Å²) in [5.74, 6) is 3.93. The van der Waals surface area contributed by atoms with Crippen LogP contribution in [-0.2, 0) is 13.0 Å². The lowest BCUT2D eigenvalue weighted by molar-refractivity contribution is 0.102. The molecule has 688 valence electrons. The van der Waals surface area contributed by atoms with E-state index in [1.165, 1.54) is 96.3 Å². The van der Waals surface area contributed by atoms with Gasteiger partial charge in [0.15, 0.2) is 5.84 Å². The van der Waals surface area contributed by atoms with Crippen LogP contribution in [0.15, 0.2) is 284 Å². The zero-order valence-electron chi connectivity index (χ0n) is 71.8. The minimum Gasteiger partial charge on any atom is -0.496 e. The molecule has 0 saturated heterocycles. The lowest BCUT2D eigenvalue weighted by Gasteiger charge is -2.07. The van der Waals surface area contributed by atoms with E-state index in [0.29, 0.717) is 28.7 Å². The third kappa shape index (κ3) is 27.4. The Morgan fingerprint density at radius 1 is 0.373 bits per heavy atom. The number of nitrogens with one attached hydrogen (secondary N) is 8. The summed E-state index contributed by atoms with van der Waals surface area (Å²) in [4.78, 5) is 18.5. The van der Waals surface area contributed by atoms with Gasteiger partial charge in [0.1, 0.15) is 70.5 Å². The Bertz CT molecular complexity index is 7330. The topological polar surface area (TPSA) is 526 Å². The average Bonchev–Trinajstić information content (AvgIpc) is 1.75. The maximum atomic E-state index is 12.3. The van der Waals surface area contributed by atoms with Crippen LogP contribution in [-0.4, -0.2) is 78.6 Å².